The van der Waals surface area contributed by atoms with Crippen LogP contribution in [0.2, 0.25) is 0 Å². The number of ether oxygens (including phenoxy) is 1. The minimum absolute atomic E-state index is 0.0141. The number of benzene rings is 1. The van der Waals surface area contributed by atoms with Crippen molar-refractivity contribution in [1.29, 1.82) is 0 Å². The van der Waals surface area contributed by atoms with Gasteiger partial charge in [0.15, 0.2) is 6.10 Å². The number of urea groups is 1. The van der Waals surface area contributed by atoms with Gasteiger partial charge in [-0.1, -0.05) is 19.8 Å². The summed E-state index contributed by atoms with van der Waals surface area (Å²) in [6.07, 6.45) is 2.66. The van der Waals surface area contributed by atoms with E-state index in [4.69, 9.17) is 4.74 Å². The zero-order valence-electron chi connectivity index (χ0n) is 15.9. The number of esters is 1. The third kappa shape index (κ3) is 6.03. The maximum Gasteiger partial charge on any atom is 0.338 e. The van der Waals surface area contributed by atoms with Crippen LogP contribution in [0, 0.1) is 0 Å². The van der Waals surface area contributed by atoms with E-state index in [1.807, 2.05) is 0 Å². The first kappa shape index (κ1) is 21.8. The zero-order chi connectivity index (χ0) is 20.7. The number of sulfonamides is 1. The van der Waals surface area contributed by atoms with Gasteiger partial charge in [-0.2, -0.15) is 0 Å². The van der Waals surface area contributed by atoms with Gasteiger partial charge in [-0.3, -0.25) is 10.1 Å². The fourth-order valence-corrected chi connectivity index (χ4v) is 3.87. The molecule has 0 saturated heterocycles. The molecule has 1 atom stereocenters. The van der Waals surface area contributed by atoms with E-state index in [9.17, 15) is 22.8 Å². The van der Waals surface area contributed by atoms with Crippen LogP contribution in [-0.4, -0.2) is 45.0 Å². The molecule has 28 heavy (non-hydrogen) atoms. The van der Waals surface area contributed by atoms with Crippen molar-refractivity contribution < 1.29 is 27.5 Å². The normalized spacial score (nSPS) is 15.6. The van der Waals surface area contributed by atoms with Gasteiger partial charge in [-0.25, -0.2) is 22.7 Å². The number of rotatable bonds is 7. The summed E-state index contributed by atoms with van der Waals surface area (Å²) < 4.78 is 31.2. The Hall–Kier alpha value is -2.46. The Morgan fingerprint density at radius 3 is 2.32 bits per heavy atom. The van der Waals surface area contributed by atoms with Crippen molar-refractivity contribution >= 4 is 27.9 Å². The van der Waals surface area contributed by atoms with Gasteiger partial charge in [0.1, 0.15) is 0 Å². The Kier molecular flexibility index (Phi) is 7.53. The molecule has 3 N–H and O–H groups in total. The van der Waals surface area contributed by atoms with Crippen molar-refractivity contribution in [1.82, 2.24) is 15.4 Å². The van der Waals surface area contributed by atoms with E-state index in [0.29, 0.717) is 0 Å². The summed E-state index contributed by atoms with van der Waals surface area (Å²) in [5, 5.41) is 4.86. The summed E-state index contributed by atoms with van der Waals surface area (Å²) in [6, 6.07) is 4.58. The molecular formula is C18H25N3O6S. The van der Waals surface area contributed by atoms with Crippen LogP contribution >= 0.6 is 0 Å². The number of imide groups is 1. The van der Waals surface area contributed by atoms with Crippen molar-refractivity contribution in [2.45, 2.75) is 56.6 Å². The van der Waals surface area contributed by atoms with E-state index in [2.05, 4.69) is 15.4 Å². The van der Waals surface area contributed by atoms with Crippen LogP contribution in [0.15, 0.2) is 29.2 Å². The smallest absolute Gasteiger partial charge is 0.338 e. The van der Waals surface area contributed by atoms with E-state index in [-0.39, 0.29) is 23.0 Å². The third-order valence-corrected chi connectivity index (χ3v) is 5.88. The average Bonchev–Trinajstić information content (AvgIpc) is 3.14. The van der Waals surface area contributed by atoms with Crippen molar-refractivity contribution in [3.05, 3.63) is 29.8 Å². The molecule has 1 aliphatic carbocycles. The standard InChI is InChI=1S/C18H25N3O6S/c1-3-19-28(25,26)15-10-8-13(9-11-15)17(23)27-12(2)16(22)21-18(24)20-14-6-4-5-7-14/h8-12,14,19H,3-7H2,1-2H3,(H2,20,21,22,24)/t12-/m0/s1. The fourth-order valence-electron chi connectivity index (χ4n) is 2.83. The number of nitrogens with one attached hydrogen (secondary N) is 3. The largest absolute Gasteiger partial charge is 0.449 e. The molecule has 9 nitrogen and oxygen atoms in total. The minimum Gasteiger partial charge on any atom is -0.449 e. The van der Waals surface area contributed by atoms with Crippen LogP contribution in [0.5, 0.6) is 0 Å². The Morgan fingerprint density at radius 1 is 1.14 bits per heavy atom. The first-order chi connectivity index (χ1) is 13.2. The SMILES string of the molecule is CCNS(=O)(=O)c1ccc(C(=O)O[C@@H](C)C(=O)NC(=O)NC2CCCC2)cc1. The highest BCUT2D eigenvalue weighted by molar-refractivity contribution is 7.89. The van der Waals surface area contributed by atoms with Crippen molar-refractivity contribution in [2.24, 2.45) is 0 Å². The molecule has 2 rings (SSSR count). The van der Waals surface area contributed by atoms with Crippen LogP contribution in [0.4, 0.5) is 4.79 Å². The van der Waals surface area contributed by atoms with E-state index in [0.717, 1.165) is 25.7 Å². The predicted molar refractivity (Wildman–Crippen MR) is 101 cm³/mol. The third-order valence-electron chi connectivity index (χ3n) is 4.31. The van der Waals surface area contributed by atoms with Gasteiger partial charge >= 0.3 is 12.0 Å². The van der Waals surface area contributed by atoms with Crippen LogP contribution in [-0.2, 0) is 19.6 Å². The summed E-state index contributed by atoms with van der Waals surface area (Å²) in [7, 11) is -3.62. The predicted octanol–water partition coefficient (Wildman–Crippen LogP) is 1.30. The highest BCUT2D eigenvalue weighted by atomic mass is 32.2. The molecule has 154 valence electrons. The van der Waals surface area contributed by atoms with Gasteiger partial charge in [-0.15, -0.1) is 0 Å². The molecule has 0 bridgehead atoms. The topological polar surface area (TPSA) is 131 Å². The van der Waals surface area contributed by atoms with Gasteiger partial charge < -0.3 is 10.1 Å². The summed E-state index contributed by atoms with van der Waals surface area (Å²) in [4.78, 5) is 36.0. The molecule has 0 unspecified atom stereocenters. The zero-order valence-corrected chi connectivity index (χ0v) is 16.7. The summed E-state index contributed by atoms with van der Waals surface area (Å²) in [5.41, 5.74) is 0.0884. The van der Waals surface area contributed by atoms with Crippen molar-refractivity contribution in [3.63, 3.8) is 0 Å². The number of amides is 3. The summed E-state index contributed by atoms with van der Waals surface area (Å²) in [5.74, 6) is -1.54. The highest BCUT2D eigenvalue weighted by Gasteiger charge is 2.23. The Morgan fingerprint density at radius 2 is 1.75 bits per heavy atom. The Balaban J connectivity index is 1.88. The Bertz CT molecular complexity index is 816. The van der Waals surface area contributed by atoms with Gasteiger partial charge in [0.05, 0.1) is 10.5 Å². The Labute approximate surface area is 164 Å². The number of carbonyl (C=O) groups is 3. The first-order valence-electron chi connectivity index (χ1n) is 9.15. The van der Waals surface area contributed by atoms with Crippen LogP contribution in [0.25, 0.3) is 0 Å². The number of carbonyl (C=O) groups excluding carboxylic acids is 3. The molecule has 1 fully saturated rings. The monoisotopic (exact) mass is 411 g/mol. The van der Waals surface area contributed by atoms with Crippen molar-refractivity contribution in [2.75, 3.05) is 6.54 Å². The maximum atomic E-state index is 12.1. The number of hydrogen-bond acceptors (Lipinski definition) is 6. The van der Waals surface area contributed by atoms with Crippen LogP contribution in [0.1, 0.15) is 49.9 Å². The molecule has 0 radical (unpaired) electrons. The summed E-state index contributed by atoms with van der Waals surface area (Å²) in [6.45, 7) is 3.25. The molecular weight excluding hydrogens is 386 g/mol. The highest BCUT2D eigenvalue weighted by Crippen LogP contribution is 2.17. The molecule has 0 spiro atoms. The van der Waals surface area contributed by atoms with E-state index < -0.39 is 34.0 Å². The quantitative estimate of drug-likeness (QED) is 0.580. The fraction of sp³-hybridized carbons (Fsp3) is 0.500. The summed E-state index contributed by atoms with van der Waals surface area (Å²) >= 11 is 0. The molecule has 1 aliphatic rings. The first-order valence-corrected chi connectivity index (χ1v) is 10.6. The molecule has 0 heterocycles. The van der Waals surface area contributed by atoms with Crippen LogP contribution in [0.3, 0.4) is 0 Å². The molecule has 1 saturated carbocycles. The van der Waals surface area contributed by atoms with Crippen molar-refractivity contribution in [3.8, 4) is 0 Å². The molecule has 0 aliphatic heterocycles. The molecule has 1 aromatic carbocycles. The lowest BCUT2D eigenvalue weighted by Crippen LogP contribution is -2.47. The second kappa shape index (κ2) is 9.65. The average molecular weight is 411 g/mol. The molecule has 1 aromatic rings. The van der Waals surface area contributed by atoms with Gasteiger partial charge in [0.2, 0.25) is 10.0 Å². The lowest BCUT2D eigenvalue weighted by molar-refractivity contribution is -0.127. The lowest BCUT2D eigenvalue weighted by atomic mass is 10.2. The van der Waals surface area contributed by atoms with Gasteiger partial charge in [0, 0.05) is 12.6 Å². The molecule has 10 heteroatoms. The second-order valence-electron chi connectivity index (χ2n) is 6.52. The maximum absolute atomic E-state index is 12.1. The minimum atomic E-state index is -3.62. The lowest BCUT2D eigenvalue weighted by Gasteiger charge is -2.15. The molecule has 3 amide bonds. The van der Waals surface area contributed by atoms with Crippen LogP contribution < -0.4 is 15.4 Å². The number of hydrogen-bond donors (Lipinski definition) is 3. The van der Waals surface area contributed by atoms with E-state index in [1.54, 1.807) is 6.92 Å². The van der Waals surface area contributed by atoms with Gasteiger partial charge in [-0.05, 0) is 44.0 Å². The second-order valence-corrected chi connectivity index (χ2v) is 8.28. The molecule has 0 aromatic heterocycles. The van der Waals surface area contributed by atoms with Gasteiger partial charge in [0.25, 0.3) is 5.91 Å². The van der Waals surface area contributed by atoms with E-state index >= 15 is 0 Å². The van der Waals surface area contributed by atoms with E-state index in [1.165, 1.54) is 31.2 Å².